The summed E-state index contributed by atoms with van der Waals surface area (Å²) < 4.78 is 5.41. The minimum Gasteiger partial charge on any atom is -0.379 e. The Kier molecular flexibility index (Phi) is 9.51. The Hall–Kier alpha value is -0.850. The second kappa shape index (κ2) is 11.4. The third-order valence-corrected chi connectivity index (χ3v) is 6.04. The van der Waals surface area contributed by atoms with Crippen LogP contribution in [-0.2, 0) is 22.6 Å². The number of carbonyl (C=O) groups is 1. The molecule has 3 heterocycles. The summed E-state index contributed by atoms with van der Waals surface area (Å²) in [6, 6.07) is 9.91. The Bertz CT molecular complexity index is 613. The molecule has 1 aromatic carbocycles. The summed E-state index contributed by atoms with van der Waals surface area (Å²) in [5.74, 6) is 0.760. The zero-order valence-corrected chi connectivity index (χ0v) is 18.0. The van der Waals surface area contributed by atoms with Crippen LogP contribution in [-0.4, -0.2) is 49.2 Å². The lowest BCUT2D eigenvalue weighted by Crippen LogP contribution is -2.39. The average Bonchev–Trinajstić information content (AvgIpc) is 2.99. The fourth-order valence-electron chi connectivity index (χ4n) is 4.73. The topological polar surface area (TPSA) is 53.6 Å². The number of ether oxygens (including phenoxy) is 1. The van der Waals surface area contributed by atoms with Gasteiger partial charge in [-0.25, -0.2) is 0 Å². The SMILES string of the molecule is Cl.Cl.O=C(CC1CC2CCC(C1)N2)NCc1cccc(CN2CCOCC2)c1. The lowest BCUT2D eigenvalue weighted by atomic mass is 9.89. The first-order valence-corrected chi connectivity index (χ1v) is 10.2. The van der Waals surface area contributed by atoms with E-state index in [4.69, 9.17) is 4.74 Å². The third-order valence-electron chi connectivity index (χ3n) is 6.04. The van der Waals surface area contributed by atoms with Crippen molar-refractivity contribution in [2.24, 2.45) is 5.92 Å². The molecule has 7 heteroatoms. The van der Waals surface area contributed by atoms with Crippen LogP contribution in [0.3, 0.4) is 0 Å². The van der Waals surface area contributed by atoms with Crippen LogP contribution in [0.5, 0.6) is 0 Å². The number of nitrogens with zero attached hydrogens (tertiary/aromatic N) is 1. The molecule has 2 atom stereocenters. The Labute approximate surface area is 180 Å². The lowest BCUT2D eigenvalue weighted by Gasteiger charge is -2.28. The Morgan fingerprint density at radius 2 is 1.79 bits per heavy atom. The molecule has 3 saturated heterocycles. The molecule has 2 unspecified atom stereocenters. The normalized spacial score (nSPS) is 26.8. The van der Waals surface area contributed by atoms with Gasteiger partial charge in [0, 0.05) is 44.7 Å². The van der Waals surface area contributed by atoms with Crippen LogP contribution in [0.4, 0.5) is 0 Å². The third kappa shape index (κ3) is 6.60. The highest BCUT2D eigenvalue weighted by atomic mass is 35.5. The summed E-state index contributed by atoms with van der Waals surface area (Å²) in [6.45, 7) is 5.25. The van der Waals surface area contributed by atoms with Crippen LogP contribution in [0.1, 0.15) is 43.2 Å². The number of nitrogens with one attached hydrogen (secondary N) is 2. The van der Waals surface area contributed by atoms with Gasteiger partial charge in [-0.15, -0.1) is 24.8 Å². The van der Waals surface area contributed by atoms with E-state index in [0.717, 1.165) is 32.8 Å². The van der Waals surface area contributed by atoms with Crippen LogP contribution in [0.15, 0.2) is 24.3 Å². The van der Waals surface area contributed by atoms with Gasteiger partial charge in [-0.3, -0.25) is 9.69 Å². The number of halogens is 2. The van der Waals surface area contributed by atoms with E-state index in [-0.39, 0.29) is 30.7 Å². The first kappa shape index (κ1) is 23.4. The van der Waals surface area contributed by atoms with Gasteiger partial charge in [0.1, 0.15) is 0 Å². The van der Waals surface area contributed by atoms with Gasteiger partial charge in [0.25, 0.3) is 0 Å². The van der Waals surface area contributed by atoms with Gasteiger partial charge in [-0.1, -0.05) is 24.3 Å². The molecule has 1 aromatic rings. The number of morpholine rings is 1. The summed E-state index contributed by atoms with van der Waals surface area (Å²) in [6.07, 6.45) is 5.59. The molecular formula is C21H33Cl2N3O2. The van der Waals surface area contributed by atoms with E-state index in [2.05, 4.69) is 39.8 Å². The van der Waals surface area contributed by atoms with E-state index < -0.39 is 0 Å². The number of fused-ring (bicyclic) bond motifs is 2. The van der Waals surface area contributed by atoms with Crippen molar-refractivity contribution in [3.05, 3.63) is 35.4 Å². The quantitative estimate of drug-likeness (QED) is 0.729. The van der Waals surface area contributed by atoms with Crippen molar-refractivity contribution in [2.75, 3.05) is 26.3 Å². The van der Waals surface area contributed by atoms with Gasteiger partial charge in [0.05, 0.1) is 13.2 Å². The smallest absolute Gasteiger partial charge is 0.220 e. The second-order valence-corrected chi connectivity index (χ2v) is 8.16. The molecule has 1 amide bonds. The van der Waals surface area contributed by atoms with Crippen LogP contribution >= 0.6 is 24.8 Å². The molecule has 158 valence electrons. The fourth-order valence-corrected chi connectivity index (χ4v) is 4.73. The molecule has 0 aromatic heterocycles. The fraction of sp³-hybridized carbons (Fsp3) is 0.667. The highest BCUT2D eigenvalue weighted by Crippen LogP contribution is 2.32. The van der Waals surface area contributed by atoms with Crippen molar-refractivity contribution < 1.29 is 9.53 Å². The Morgan fingerprint density at radius 3 is 2.50 bits per heavy atom. The van der Waals surface area contributed by atoms with Gasteiger partial charge < -0.3 is 15.4 Å². The van der Waals surface area contributed by atoms with E-state index in [1.54, 1.807) is 0 Å². The maximum atomic E-state index is 12.4. The Balaban J connectivity index is 0.00000140. The molecule has 2 N–H and O–H groups in total. The van der Waals surface area contributed by atoms with Crippen molar-refractivity contribution >= 4 is 30.7 Å². The minimum absolute atomic E-state index is 0. The van der Waals surface area contributed by atoms with Crippen LogP contribution in [0.2, 0.25) is 0 Å². The zero-order valence-electron chi connectivity index (χ0n) is 16.4. The predicted octanol–water partition coefficient (Wildman–Crippen LogP) is 2.90. The molecule has 0 spiro atoms. The molecular weight excluding hydrogens is 397 g/mol. The number of carbonyl (C=O) groups excluding carboxylic acids is 1. The molecule has 3 fully saturated rings. The largest absolute Gasteiger partial charge is 0.379 e. The number of benzene rings is 1. The minimum atomic E-state index is 0. The van der Waals surface area contributed by atoms with Crippen molar-refractivity contribution in [1.29, 1.82) is 0 Å². The van der Waals surface area contributed by atoms with Gasteiger partial charge in [0.2, 0.25) is 5.91 Å². The number of rotatable bonds is 6. The van der Waals surface area contributed by atoms with Crippen molar-refractivity contribution in [1.82, 2.24) is 15.5 Å². The molecule has 3 aliphatic rings. The molecule has 4 rings (SSSR count). The second-order valence-electron chi connectivity index (χ2n) is 8.16. The monoisotopic (exact) mass is 429 g/mol. The first-order chi connectivity index (χ1) is 12.7. The average molecular weight is 430 g/mol. The summed E-state index contributed by atoms with van der Waals surface area (Å²) in [5, 5.41) is 6.78. The highest BCUT2D eigenvalue weighted by molar-refractivity contribution is 5.85. The van der Waals surface area contributed by atoms with E-state index in [9.17, 15) is 4.79 Å². The maximum Gasteiger partial charge on any atom is 0.220 e. The van der Waals surface area contributed by atoms with Crippen LogP contribution in [0.25, 0.3) is 0 Å². The van der Waals surface area contributed by atoms with E-state index in [1.165, 1.54) is 36.8 Å². The number of piperidine rings is 1. The summed E-state index contributed by atoms with van der Waals surface area (Å²) in [4.78, 5) is 14.8. The van der Waals surface area contributed by atoms with Crippen LogP contribution < -0.4 is 10.6 Å². The number of hydrogen-bond acceptors (Lipinski definition) is 4. The molecule has 0 aliphatic carbocycles. The molecule has 5 nitrogen and oxygen atoms in total. The summed E-state index contributed by atoms with van der Waals surface area (Å²) in [7, 11) is 0. The van der Waals surface area contributed by atoms with Gasteiger partial charge in [0.15, 0.2) is 0 Å². The summed E-state index contributed by atoms with van der Waals surface area (Å²) >= 11 is 0. The van der Waals surface area contributed by atoms with Crippen molar-refractivity contribution in [3.63, 3.8) is 0 Å². The molecule has 3 aliphatic heterocycles. The predicted molar refractivity (Wildman–Crippen MR) is 116 cm³/mol. The molecule has 28 heavy (non-hydrogen) atoms. The van der Waals surface area contributed by atoms with Gasteiger partial charge >= 0.3 is 0 Å². The zero-order chi connectivity index (χ0) is 17.8. The van der Waals surface area contributed by atoms with E-state index >= 15 is 0 Å². The van der Waals surface area contributed by atoms with E-state index in [1.807, 2.05) is 0 Å². The van der Waals surface area contributed by atoms with E-state index in [0.29, 0.717) is 31.0 Å². The van der Waals surface area contributed by atoms with Crippen molar-refractivity contribution in [2.45, 2.75) is 57.3 Å². The molecule has 2 bridgehead atoms. The maximum absolute atomic E-state index is 12.4. The van der Waals surface area contributed by atoms with Crippen molar-refractivity contribution in [3.8, 4) is 0 Å². The standard InChI is InChI=1S/C21H31N3O2.2ClH/c25-21(13-18-11-19-4-5-20(12-18)23-19)22-14-16-2-1-3-17(10-16)15-24-6-8-26-9-7-24;;/h1-3,10,18-20,23H,4-9,11-15H2,(H,22,25);2*1H. The summed E-state index contributed by atoms with van der Waals surface area (Å²) in [5.41, 5.74) is 2.50. The lowest BCUT2D eigenvalue weighted by molar-refractivity contribution is -0.122. The molecule has 0 radical (unpaired) electrons. The van der Waals surface area contributed by atoms with Gasteiger partial charge in [-0.2, -0.15) is 0 Å². The number of amides is 1. The Morgan fingerprint density at radius 1 is 1.11 bits per heavy atom. The first-order valence-electron chi connectivity index (χ1n) is 10.2. The highest BCUT2D eigenvalue weighted by Gasteiger charge is 2.34. The van der Waals surface area contributed by atoms with Gasteiger partial charge in [-0.05, 0) is 42.7 Å². The number of hydrogen-bond donors (Lipinski definition) is 2. The molecule has 0 saturated carbocycles. The van der Waals surface area contributed by atoms with Crippen LogP contribution in [0, 0.1) is 5.92 Å².